The van der Waals surface area contributed by atoms with E-state index in [2.05, 4.69) is 32.8 Å². The Morgan fingerprint density at radius 1 is 1.32 bits per heavy atom. The number of nitro groups is 1. The molecular formula is C13H12BrN3O2. The average molecular weight is 322 g/mol. The van der Waals surface area contributed by atoms with Gasteiger partial charge >= 0.3 is 0 Å². The van der Waals surface area contributed by atoms with Gasteiger partial charge in [-0.15, -0.1) is 0 Å². The Morgan fingerprint density at radius 3 is 2.79 bits per heavy atom. The predicted octanol–water partition coefficient (Wildman–Crippen LogP) is 3.77. The number of aromatic nitrogens is 2. The van der Waals surface area contributed by atoms with E-state index < -0.39 is 4.92 Å². The molecule has 0 aliphatic rings. The minimum absolute atomic E-state index is 0.0595. The Hall–Kier alpha value is -1.82. The van der Waals surface area contributed by atoms with Crippen molar-refractivity contribution in [3.63, 3.8) is 0 Å². The molecule has 0 N–H and O–H groups in total. The number of aryl methyl sites for hydroxylation is 1. The molecule has 5 nitrogen and oxygen atoms in total. The van der Waals surface area contributed by atoms with Crippen LogP contribution >= 0.6 is 15.9 Å². The SMILES string of the molecule is CCCc1nc(Br)cc(-c2cccc([N+](=O)[O-])c2)n1. The maximum absolute atomic E-state index is 10.8. The number of hydrogen-bond donors (Lipinski definition) is 0. The van der Waals surface area contributed by atoms with Crippen LogP contribution in [0.25, 0.3) is 11.3 Å². The highest BCUT2D eigenvalue weighted by Crippen LogP contribution is 2.24. The number of rotatable bonds is 4. The van der Waals surface area contributed by atoms with Crippen molar-refractivity contribution < 1.29 is 4.92 Å². The third-order valence-corrected chi connectivity index (χ3v) is 2.97. The zero-order chi connectivity index (χ0) is 13.8. The van der Waals surface area contributed by atoms with Gasteiger partial charge in [0.1, 0.15) is 10.4 Å². The first-order chi connectivity index (χ1) is 9.10. The van der Waals surface area contributed by atoms with Crippen LogP contribution in [-0.4, -0.2) is 14.9 Å². The molecule has 6 heteroatoms. The number of benzene rings is 1. The fourth-order valence-electron chi connectivity index (χ4n) is 1.73. The van der Waals surface area contributed by atoms with Crippen molar-refractivity contribution in [3.8, 4) is 11.3 Å². The average Bonchev–Trinajstić information content (AvgIpc) is 2.38. The Morgan fingerprint density at radius 2 is 2.11 bits per heavy atom. The minimum Gasteiger partial charge on any atom is -0.258 e. The molecule has 2 rings (SSSR count). The van der Waals surface area contributed by atoms with E-state index >= 15 is 0 Å². The van der Waals surface area contributed by atoms with E-state index in [1.54, 1.807) is 18.2 Å². The summed E-state index contributed by atoms with van der Waals surface area (Å²) in [5, 5.41) is 10.8. The highest BCUT2D eigenvalue weighted by Gasteiger charge is 2.10. The second-order valence-corrected chi connectivity index (χ2v) is 4.86. The smallest absolute Gasteiger partial charge is 0.258 e. The summed E-state index contributed by atoms with van der Waals surface area (Å²) >= 11 is 3.34. The van der Waals surface area contributed by atoms with E-state index in [4.69, 9.17) is 0 Å². The molecule has 0 radical (unpaired) electrons. The molecule has 19 heavy (non-hydrogen) atoms. The summed E-state index contributed by atoms with van der Waals surface area (Å²) in [7, 11) is 0. The second kappa shape index (κ2) is 5.88. The molecule has 0 aliphatic heterocycles. The quantitative estimate of drug-likeness (QED) is 0.488. The summed E-state index contributed by atoms with van der Waals surface area (Å²) in [5.41, 5.74) is 1.47. The largest absolute Gasteiger partial charge is 0.270 e. The van der Waals surface area contributed by atoms with Crippen LogP contribution in [0.3, 0.4) is 0 Å². The molecule has 1 heterocycles. The third kappa shape index (κ3) is 3.35. The van der Waals surface area contributed by atoms with E-state index in [1.807, 2.05) is 0 Å². The van der Waals surface area contributed by atoms with Crippen LogP contribution in [0.5, 0.6) is 0 Å². The first-order valence-electron chi connectivity index (χ1n) is 5.88. The number of halogens is 1. The van der Waals surface area contributed by atoms with Gasteiger partial charge < -0.3 is 0 Å². The lowest BCUT2D eigenvalue weighted by Gasteiger charge is -2.04. The molecule has 0 bridgehead atoms. The molecule has 0 unspecified atom stereocenters. The van der Waals surface area contributed by atoms with Crippen LogP contribution in [0.4, 0.5) is 5.69 Å². The summed E-state index contributed by atoms with van der Waals surface area (Å²) in [6.45, 7) is 2.05. The van der Waals surface area contributed by atoms with Gasteiger partial charge in [-0.25, -0.2) is 9.97 Å². The monoisotopic (exact) mass is 321 g/mol. The topological polar surface area (TPSA) is 68.9 Å². The van der Waals surface area contributed by atoms with Crippen LogP contribution in [0.2, 0.25) is 0 Å². The van der Waals surface area contributed by atoms with Crippen LogP contribution in [0, 0.1) is 10.1 Å². The highest BCUT2D eigenvalue weighted by atomic mass is 79.9. The Kier molecular flexibility index (Phi) is 4.21. The van der Waals surface area contributed by atoms with Crippen molar-refractivity contribution in [3.05, 3.63) is 50.9 Å². The van der Waals surface area contributed by atoms with Gasteiger partial charge in [0.15, 0.2) is 0 Å². The first kappa shape index (κ1) is 13.6. The molecule has 0 atom stereocenters. The number of non-ortho nitro benzene ring substituents is 1. The molecule has 1 aromatic heterocycles. The standard InChI is InChI=1S/C13H12BrN3O2/c1-2-4-13-15-11(8-12(14)16-13)9-5-3-6-10(7-9)17(18)19/h3,5-8H,2,4H2,1H3. The van der Waals surface area contributed by atoms with Gasteiger partial charge in [0.05, 0.1) is 10.6 Å². The molecule has 1 aromatic carbocycles. The van der Waals surface area contributed by atoms with Crippen molar-refractivity contribution in [2.75, 3.05) is 0 Å². The van der Waals surface area contributed by atoms with Gasteiger partial charge in [-0.05, 0) is 28.4 Å². The van der Waals surface area contributed by atoms with Crippen molar-refractivity contribution in [2.45, 2.75) is 19.8 Å². The normalized spacial score (nSPS) is 10.4. The van der Waals surface area contributed by atoms with Gasteiger partial charge in [0, 0.05) is 24.1 Å². The molecule has 0 amide bonds. The van der Waals surface area contributed by atoms with Gasteiger partial charge in [0.25, 0.3) is 5.69 Å². The second-order valence-electron chi connectivity index (χ2n) is 4.05. The van der Waals surface area contributed by atoms with E-state index in [-0.39, 0.29) is 5.69 Å². The minimum atomic E-state index is -0.410. The molecule has 0 aliphatic carbocycles. The lowest BCUT2D eigenvalue weighted by Crippen LogP contribution is -1.97. The van der Waals surface area contributed by atoms with Crippen molar-refractivity contribution in [1.82, 2.24) is 9.97 Å². The maximum atomic E-state index is 10.8. The predicted molar refractivity (Wildman–Crippen MR) is 75.8 cm³/mol. The van der Waals surface area contributed by atoms with E-state index in [0.29, 0.717) is 10.3 Å². The number of nitrogens with zero attached hydrogens (tertiary/aromatic N) is 3. The summed E-state index contributed by atoms with van der Waals surface area (Å²) in [5.74, 6) is 0.735. The zero-order valence-electron chi connectivity index (χ0n) is 10.3. The fraction of sp³-hybridized carbons (Fsp3) is 0.231. The highest BCUT2D eigenvalue weighted by molar-refractivity contribution is 9.10. The molecule has 0 spiro atoms. The van der Waals surface area contributed by atoms with Crippen LogP contribution < -0.4 is 0 Å². The van der Waals surface area contributed by atoms with Gasteiger partial charge in [-0.1, -0.05) is 19.1 Å². The molecule has 98 valence electrons. The van der Waals surface area contributed by atoms with Crippen LogP contribution in [0.1, 0.15) is 19.2 Å². The Balaban J connectivity index is 2.46. The lowest BCUT2D eigenvalue weighted by atomic mass is 10.1. The number of nitro benzene ring substituents is 1. The summed E-state index contributed by atoms with van der Waals surface area (Å²) in [6.07, 6.45) is 1.73. The van der Waals surface area contributed by atoms with E-state index in [0.717, 1.165) is 24.2 Å². The van der Waals surface area contributed by atoms with E-state index in [9.17, 15) is 10.1 Å². The third-order valence-electron chi connectivity index (χ3n) is 2.57. The van der Waals surface area contributed by atoms with Gasteiger partial charge in [-0.2, -0.15) is 0 Å². The summed E-state index contributed by atoms with van der Waals surface area (Å²) < 4.78 is 0.687. The fourth-order valence-corrected chi connectivity index (χ4v) is 2.15. The molecule has 0 saturated heterocycles. The zero-order valence-corrected chi connectivity index (χ0v) is 11.9. The first-order valence-corrected chi connectivity index (χ1v) is 6.67. The maximum Gasteiger partial charge on any atom is 0.270 e. The summed E-state index contributed by atoms with van der Waals surface area (Å²) in [6, 6.07) is 8.20. The van der Waals surface area contributed by atoms with E-state index in [1.165, 1.54) is 12.1 Å². The van der Waals surface area contributed by atoms with Crippen LogP contribution in [-0.2, 0) is 6.42 Å². The van der Waals surface area contributed by atoms with Crippen molar-refractivity contribution >= 4 is 21.6 Å². The molecular weight excluding hydrogens is 310 g/mol. The summed E-state index contributed by atoms with van der Waals surface area (Å²) in [4.78, 5) is 19.1. The van der Waals surface area contributed by atoms with Crippen LogP contribution in [0.15, 0.2) is 34.9 Å². The van der Waals surface area contributed by atoms with Crippen molar-refractivity contribution in [2.24, 2.45) is 0 Å². The molecule has 0 fully saturated rings. The Bertz CT molecular complexity index is 617. The Labute approximate surface area is 119 Å². The number of hydrogen-bond acceptors (Lipinski definition) is 4. The van der Waals surface area contributed by atoms with Gasteiger partial charge in [0.2, 0.25) is 0 Å². The molecule has 2 aromatic rings. The van der Waals surface area contributed by atoms with Gasteiger partial charge in [-0.3, -0.25) is 10.1 Å². The molecule has 0 saturated carbocycles. The lowest BCUT2D eigenvalue weighted by molar-refractivity contribution is -0.384. The van der Waals surface area contributed by atoms with Crippen molar-refractivity contribution in [1.29, 1.82) is 0 Å².